The van der Waals surface area contributed by atoms with Crippen LogP contribution in [0.4, 0.5) is 0 Å². The Kier molecular flexibility index (Phi) is 5.20. The molecular formula is C20H22N4O5S+. The van der Waals surface area contributed by atoms with E-state index in [-0.39, 0.29) is 29.0 Å². The number of likely N-dealkylation sites (tertiary alicyclic amines) is 1. The second-order valence-corrected chi connectivity index (χ2v) is 9.21. The quantitative estimate of drug-likeness (QED) is 0.481. The number of benzene rings is 1. The van der Waals surface area contributed by atoms with E-state index in [4.69, 9.17) is 5.84 Å². The summed E-state index contributed by atoms with van der Waals surface area (Å²) in [7, 11) is -3.99. The van der Waals surface area contributed by atoms with Crippen LogP contribution >= 0.6 is 0 Å². The Hall–Kier alpha value is -2.98. The van der Waals surface area contributed by atoms with Gasteiger partial charge >= 0.3 is 15.0 Å². The summed E-state index contributed by atoms with van der Waals surface area (Å²) in [6.07, 6.45) is 3.54. The minimum Gasteiger partial charge on any atom is -0.508 e. The second-order valence-electron chi connectivity index (χ2n) is 7.37. The van der Waals surface area contributed by atoms with Gasteiger partial charge in [-0.2, -0.15) is 4.31 Å². The number of rotatable bonds is 5. The molecule has 4 rings (SSSR count). The Bertz CT molecular complexity index is 1100. The highest BCUT2D eigenvalue weighted by atomic mass is 32.2. The molecule has 1 aromatic heterocycles. The molecule has 2 aliphatic rings. The van der Waals surface area contributed by atoms with Crippen molar-refractivity contribution in [3.05, 3.63) is 60.6 Å². The van der Waals surface area contributed by atoms with Crippen molar-refractivity contribution in [2.24, 2.45) is 0 Å². The maximum atomic E-state index is 13.1. The molecule has 1 amide bonds. The molecular weight excluding hydrogens is 408 g/mol. The van der Waals surface area contributed by atoms with Gasteiger partial charge in [0, 0.05) is 18.7 Å². The van der Waals surface area contributed by atoms with Gasteiger partial charge in [0.25, 0.3) is 0 Å². The van der Waals surface area contributed by atoms with E-state index in [1.165, 1.54) is 23.6 Å². The Labute approximate surface area is 174 Å². The van der Waals surface area contributed by atoms with Crippen LogP contribution in [-0.4, -0.2) is 59.6 Å². The highest BCUT2D eigenvalue weighted by Crippen LogP contribution is 2.33. The van der Waals surface area contributed by atoms with Gasteiger partial charge in [-0.25, -0.2) is 14.3 Å². The number of carbonyl (C=O) groups is 2. The molecule has 2 aliphatic heterocycles. The third-order valence-corrected chi connectivity index (χ3v) is 7.40. The first kappa shape index (κ1) is 20.3. The molecule has 10 heteroatoms. The number of ketones is 1. The second kappa shape index (κ2) is 7.69. The van der Waals surface area contributed by atoms with Crippen LogP contribution in [0.2, 0.25) is 0 Å². The normalized spacial score (nSPS) is 21.7. The van der Waals surface area contributed by atoms with Crippen molar-refractivity contribution < 1.29 is 27.8 Å². The fraction of sp³-hybridized carbons (Fsp3) is 0.300. The first-order valence-electron chi connectivity index (χ1n) is 9.51. The van der Waals surface area contributed by atoms with Crippen LogP contribution in [0.3, 0.4) is 0 Å². The molecule has 2 atom stereocenters. The average molecular weight is 430 g/mol. The molecule has 0 spiro atoms. The Morgan fingerprint density at radius 3 is 2.80 bits per heavy atom. The molecule has 30 heavy (non-hydrogen) atoms. The molecule has 157 valence electrons. The van der Waals surface area contributed by atoms with Crippen molar-refractivity contribution in [2.75, 3.05) is 18.9 Å². The van der Waals surface area contributed by atoms with Gasteiger partial charge in [-0.3, -0.25) is 9.59 Å². The number of aromatic nitrogens is 1. The lowest BCUT2D eigenvalue weighted by Crippen LogP contribution is -2.52. The summed E-state index contributed by atoms with van der Waals surface area (Å²) < 4.78 is 28.4. The number of fused-ring (bicyclic) bond motifs is 1. The molecule has 1 aromatic carbocycles. The van der Waals surface area contributed by atoms with E-state index in [1.54, 1.807) is 36.4 Å². The van der Waals surface area contributed by atoms with E-state index in [0.29, 0.717) is 19.4 Å². The summed E-state index contributed by atoms with van der Waals surface area (Å²) >= 11 is 0. The zero-order valence-corrected chi connectivity index (χ0v) is 16.9. The van der Waals surface area contributed by atoms with E-state index in [9.17, 15) is 23.1 Å². The molecule has 0 saturated carbocycles. The van der Waals surface area contributed by atoms with Crippen LogP contribution in [0.25, 0.3) is 0 Å². The number of Topliss-reactive ketones (excluding diaryl/α,β-unsaturated/α-hetero) is 1. The Morgan fingerprint density at radius 1 is 1.27 bits per heavy atom. The molecule has 2 aromatic rings. The number of hydrogen-bond acceptors (Lipinski definition) is 6. The van der Waals surface area contributed by atoms with Crippen LogP contribution in [0.5, 0.6) is 5.75 Å². The van der Waals surface area contributed by atoms with E-state index >= 15 is 0 Å². The van der Waals surface area contributed by atoms with Crippen LogP contribution in [0.1, 0.15) is 12.0 Å². The lowest BCUT2D eigenvalue weighted by atomic mass is 10.1. The molecule has 9 nitrogen and oxygen atoms in total. The predicted octanol–water partition coefficient (Wildman–Crippen LogP) is -0.617. The number of phenolic OH excluding ortho intramolecular Hbond substituents is 1. The number of hydrogen-bond donors (Lipinski definition) is 2. The first-order chi connectivity index (χ1) is 14.3. The van der Waals surface area contributed by atoms with Crippen molar-refractivity contribution in [3.63, 3.8) is 0 Å². The predicted molar refractivity (Wildman–Crippen MR) is 106 cm³/mol. The van der Waals surface area contributed by atoms with Gasteiger partial charge in [-0.1, -0.05) is 16.8 Å². The number of nitrogens with two attached hydrogens (primary N) is 1. The lowest BCUT2D eigenvalue weighted by molar-refractivity contribution is -0.678. The van der Waals surface area contributed by atoms with Crippen LogP contribution in [-0.2, 0) is 26.0 Å². The van der Waals surface area contributed by atoms with E-state index < -0.39 is 22.1 Å². The highest BCUT2D eigenvalue weighted by Gasteiger charge is 2.55. The average Bonchev–Trinajstić information content (AvgIpc) is 3.28. The van der Waals surface area contributed by atoms with E-state index in [2.05, 4.69) is 0 Å². The maximum absolute atomic E-state index is 13.1. The van der Waals surface area contributed by atoms with Gasteiger partial charge in [0.1, 0.15) is 11.8 Å². The fourth-order valence-corrected chi connectivity index (χ4v) is 5.82. The lowest BCUT2D eigenvalue weighted by Gasteiger charge is -2.23. The third kappa shape index (κ3) is 3.52. The van der Waals surface area contributed by atoms with E-state index in [1.807, 2.05) is 0 Å². The summed E-state index contributed by atoms with van der Waals surface area (Å²) in [5.74, 6) is 5.24. The molecule has 2 fully saturated rings. The van der Waals surface area contributed by atoms with Gasteiger partial charge in [-0.05, 0) is 36.6 Å². The Morgan fingerprint density at radius 2 is 2.07 bits per heavy atom. The molecule has 2 saturated heterocycles. The number of nitrogen functional groups attached to an aromatic ring is 1. The number of pyridine rings is 1. The molecule has 2 unspecified atom stereocenters. The molecule has 1 radical (unpaired) electrons. The van der Waals surface area contributed by atoms with Gasteiger partial charge < -0.3 is 10.0 Å². The van der Waals surface area contributed by atoms with Crippen molar-refractivity contribution in [1.82, 2.24) is 9.21 Å². The summed E-state index contributed by atoms with van der Waals surface area (Å²) in [5.41, 5.74) is 0.762. The van der Waals surface area contributed by atoms with Crippen LogP contribution < -0.4 is 10.5 Å². The van der Waals surface area contributed by atoms with Crippen molar-refractivity contribution in [2.45, 2.75) is 30.0 Å². The first-order valence-corrected chi connectivity index (χ1v) is 10.9. The number of aromatic hydroxyl groups is 1. The van der Waals surface area contributed by atoms with Gasteiger partial charge in [0.15, 0.2) is 5.78 Å². The highest BCUT2D eigenvalue weighted by molar-refractivity contribution is 7.89. The number of nitrogens with zero attached hydrogens (tertiary/aromatic N) is 3. The SMILES string of the molecule is N[n+]1ccccc1S(=O)(=O)N1CC(=O)C2C1CCN2C(=O)[CH]Cc1cccc(O)c1. The third-order valence-electron chi connectivity index (χ3n) is 5.51. The van der Waals surface area contributed by atoms with Gasteiger partial charge in [0.2, 0.25) is 12.1 Å². The molecule has 3 heterocycles. The number of sulfonamides is 1. The smallest absolute Gasteiger partial charge is 0.340 e. The zero-order chi connectivity index (χ0) is 21.5. The van der Waals surface area contributed by atoms with Gasteiger partial charge in [0.05, 0.1) is 19.0 Å². The minimum absolute atomic E-state index is 0.111. The van der Waals surface area contributed by atoms with Gasteiger partial charge in [-0.15, -0.1) is 0 Å². The molecule has 0 bridgehead atoms. The van der Waals surface area contributed by atoms with Crippen molar-refractivity contribution in [3.8, 4) is 5.75 Å². The maximum Gasteiger partial charge on any atom is 0.340 e. The topological polar surface area (TPSA) is 125 Å². The monoisotopic (exact) mass is 430 g/mol. The summed E-state index contributed by atoms with van der Waals surface area (Å²) in [4.78, 5) is 26.9. The minimum atomic E-state index is -3.99. The summed E-state index contributed by atoms with van der Waals surface area (Å²) in [6, 6.07) is 9.71. The number of amides is 1. The van der Waals surface area contributed by atoms with Crippen LogP contribution in [0, 0.1) is 6.42 Å². The number of carbonyl (C=O) groups excluding carboxylic acids is 2. The largest absolute Gasteiger partial charge is 0.508 e. The molecule has 0 aliphatic carbocycles. The van der Waals surface area contributed by atoms with E-state index in [0.717, 1.165) is 14.5 Å². The standard InChI is InChI=1S/C20H21N4O5S/c21-23-10-2-1-6-19(23)30(28,29)24-13-17(26)20-16(24)9-11-22(20)18(27)8-7-14-4-3-5-15(25)12-14/h1-6,8,10,12,16,20H,7,9,11,13,21H2/p+1. The fourth-order valence-electron chi connectivity index (χ4n) is 4.13. The Balaban J connectivity index is 1.50. The molecule has 3 N–H and O–H groups in total. The van der Waals surface area contributed by atoms with Crippen molar-refractivity contribution in [1.29, 1.82) is 0 Å². The summed E-state index contributed by atoms with van der Waals surface area (Å²) in [6.45, 7) is 0.00276. The zero-order valence-electron chi connectivity index (χ0n) is 16.1. The van der Waals surface area contributed by atoms with Crippen LogP contribution in [0.15, 0.2) is 53.7 Å². The summed E-state index contributed by atoms with van der Waals surface area (Å²) in [5, 5.41) is 9.43. The van der Waals surface area contributed by atoms with Crippen molar-refractivity contribution >= 4 is 21.7 Å². The number of phenols is 1.